The maximum Gasteiger partial charge on any atom is 0.246 e. The molecule has 0 amide bonds. The van der Waals surface area contributed by atoms with Crippen molar-refractivity contribution in [1.29, 1.82) is 0 Å². The zero-order chi connectivity index (χ0) is 17.8. The average Bonchev–Trinajstić information content (AvgIpc) is 3.22. The van der Waals surface area contributed by atoms with Crippen LogP contribution in [0.1, 0.15) is 6.42 Å². The molecule has 10 heteroatoms. The number of nitrogens with zero attached hydrogens (tertiary/aromatic N) is 6. The molecule has 132 valence electrons. The van der Waals surface area contributed by atoms with E-state index < -0.39 is 0 Å². The van der Waals surface area contributed by atoms with Gasteiger partial charge in [-0.25, -0.2) is 0 Å². The minimum Gasteiger partial charge on any atom is -0.493 e. The number of benzene rings is 1. The molecule has 0 bridgehead atoms. The lowest BCUT2D eigenvalue weighted by Crippen LogP contribution is -2.10. The van der Waals surface area contributed by atoms with Gasteiger partial charge in [0.15, 0.2) is 5.01 Å². The summed E-state index contributed by atoms with van der Waals surface area (Å²) in [5, 5.41) is 15.0. The van der Waals surface area contributed by atoms with Gasteiger partial charge < -0.3 is 15.4 Å². The van der Waals surface area contributed by atoms with Crippen molar-refractivity contribution in [3.05, 3.63) is 24.3 Å². The third-order valence-electron chi connectivity index (χ3n) is 3.27. The van der Waals surface area contributed by atoms with Crippen LogP contribution in [0.15, 0.2) is 24.3 Å². The van der Waals surface area contributed by atoms with Crippen LogP contribution >= 0.6 is 27.3 Å². The van der Waals surface area contributed by atoms with Gasteiger partial charge in [-0.2, -0.15) is 9.67 Å². The van der Waals surface area contributed by atoms with E-state index in [-0.39, 0.29) is 5.95 Å². The fourth-order valence-electron chi connectivity index (χ4n) is 2.06. The lowest BCUT2D eigenvalue weighted by Gasteiger charge is -2.08. The molecule has 0 aliphatic heterocycles. The molecule has 3 aromatic rings. The average molecular weight is 424 g/mol. The number of hydrogen-bond donors (Lipinski definition) is 1. The molecule has 0 saturated carbocycles. The molecule has 8 nitrogen and oxygen atoms in total. The second-order valence-electron chi connectivity index (χ2n) is 5.35. The first kappa shape index (κ1) is 17.6. The van der Waals surface area contributed by atoms with Crippen molar-refractivity contribution in [2.24, 2.45) is 0 Å². The highest BCUT2D eigenvalue weighted by Gasteiger charge is 2.17. The summed E-state index contributed by atoms with van der Waals surface area (Å²) in [5.74, 6) is 1.58. The Morgan fingerprint density at radius 3 is 2.80 bits per heavy atom. The Labute approximate surface area is 157 Å². The third-order valence-corrected chi connectivity index (χ3v) is 4.76. The van der Waals surface area contributed by atoms with E-state index in [0.717, 1.165) is 28.1 Å². The minimum atomic E-state index is 0.272. The third kappa shape index (κ3) is 3.90. The summed E-state index contributed by atoms with van der Waals surface area (Å²) in [6.45, 7) is 0.635. The van der Waals surface area contributed by atoms with E-state index in [1.54, 1.807) is 4.90 Å². The fraction of sp³-hybridized carbons (Fsp3) is 0.333. The zero-order valence-electron chi connectivity index (χ0n) is 13.9. The number of alkyl halides is 1. The lowest BCUT2D eigenvalue weighted by atomic mass is 10.2. The summed E-state index contributed by atoms with van der Waals surface area (Å²) in [6, 6.07) is 7.78. The molecule has 0 atom stereocenters. The van der Waals surface area contributed by atoms with E-state index >= 15 is 0 Å². The first-order valence-corrected chi connectivity index (χ1v) is 9.56. The van der Waals surface area contributed by atoms with Crippen LogP contribution in [0.3, 0.4) is 0 Å². The molecule has 0 unspecified atom stereocenters. The summed E-state index contributed by atoms with van der Waals surface area (Å²) in [4.78, 5) is 5.98. The number of rotatable bonds is 7. The van der Waals surface area contributed by atoms with E-state index in [4.69, 9.17) is 10.5 Å². The first-order valence-electron chi connectivity index (χ1n) is 7.62. The molecule has 0 aliphatic carbocycles. The van der Waals surface area contributed by atoms with Crippen LogP contribution < -0.4 is 15.4 Å². The summed E-state index contributed by atoms with van der Waals surface area (Å²) in [5.41, 5.74) is 6.84. The Kier molecular flexibility index (Phi) is 5.49. The largest absolute Gasteiger partial charge is 0.493 e. The standard InChI is InChI=1S/C15H18BrN7OS/c1-22(2)14-18-13(17)23(21-14)15-20-19-12(25-15)10-6-3-4-7-11(10)24-9-5-8-16/h3-4,6-7H,5,8-9H2,1-2H3,(H2,17,18,21). The van der Waals surface area contributed by atoms with Gasteiger partial charge in [0.2, 0.25) is 17.0 Å². The summed E-state index contributed by atoms with van der Waals surface area (Å²) >= 11 is 4.79. The molecule has 0 radical (unpaired) electrons. The second kappa shape index (κ2) is 7.79. The smallest absolute Gasteiger partial charge is 0.246 e. The predicted molar refractivity (Wildman–Crippen MR) is 103 cm³/mol. The first-order chi connectivity index (χ1) is 12.1. The van der Waals surface area contributed by atoms with Crippen LogP contribution in [0.5, 0.6) is 5.75 Å². The van der Waals surface area contributed by atoms with Gasteiger partial charge in [-0.1, -0.05) is 39.4 Å². The highest BCUT2D eigenvalue weighted by molar-refractivity contribution is 9.09. The Balaban J connectivity index is 1.89. The molecular formula is C15H18BrN7OS. The van der Waals surface area contributed by atoms with Crippen LogP contribution in [0.4, 0.5) is 11.9 Å². The number of nitrogens with two attached hydrogens (primary N) is 1. The topological polar surface area (TPSA) is 95.0 Å². The molecule has 2 aromatic heterocycles. The molecule has 25 heavy (non-hydrogen) atoms. The number of halogens is 1. The molecular weight excluding hydrogens is 406 g/mol. The SMILES string of the molecule is CN(C)c1nc(N)n(-c2nnc(-c3ccccc3OCCCBr)s2)n1. The van der Waals surface area contributed by atoms with Gasteiger partial charge in [0.25, 0.3) is 0 Å². The summed E-state index contributed by atoms with van der Waals surface area (Å²) in [7, 11) is 3.70. The minimum absolute atomic E-state index is 0.272. The monoisotopic (exact) mass is 423 g/mol. The molecule has 2 heterocycles. The Bertz CT molecular complexity index is 848. The van der Waals surface area contributed by atoms with Crippen molar-refractivity contribution in [3.8, 4) is 21.5 Å². The highest BCUT2D eigenvalue weighted by atomic mass is 79.9. The van der Waals surface area contributed by atoms with Crippen LogP contribution in [-0.2, 0) is 0 Å². The highest BCUT2D eigenvalue weighted by Crippen LogP contribution is 2.33. The lowest BCUT2D eigenvalue weighted by molar-refractivity contribution is 0.320. The van der Waals surface area contributed by atoms with E-state index in [1.807, 2.05) is 38.4 Å². The Hall–Kier alpha value is -2.20. The van der Waals surface area contributed by atoms with Crippen molar-refractivity contribution in [2.75, 3.05) is 36.7 Å². The van der Waals surface area contributed by atoms with Crippen molar-refractivity contribution >= 4 is 39.2 Å². The number of para-hydroxylation sites is 1. The number of ether oxygens (including phenoxy) is 1. The van der Waals surface area contributed by atoms with Crippen LogP contribution in [-0.4, -0.2) is 51.0 Å². The van der Waals surface area contributed by atoms with E-state index in [1.165, 1.54) is 16.0 Å². The molecule has 0 fully saturated rings. The molecule has 3 rings (SSSR count). The molecule has 2 N–H and O–H groups in total. The van der Waals surface area contributed by atoms with Crippen molar-refractivity contribution in [3.63, 3.8) is 0 Å². The van der Waals surface area contributed by atoms with Crippen LogP contribution in [0.2, 0.25) is 0 Å². The number of nitrogen functional groups attached to an aromatic ring is 1. The van der Waals surface area contributed by atoms with Crippen molar-refractivity contribution < 1.29 is 4.74 Å². The molecule has 0 aliphatic rings. The van der Waals surface area contributed by atoms with Gasteiger partial charge in [0, 0.05) is 19.4 Å². The Morgan fingerprint density at radius 1 is 1.28 bits per heavy atom. The number of aromatic nitrogens is 5. The van der Waals surface area contributed by atoms with E-state index in [9.17, 15) is 0 Å². The van der Waals surface area contributed by atoms with Gasteiger partial charge in [0.05, 0.1) is 12.2 Å². The van der Waals surface area contributed by atoms with Gasteiger partial charge in [0.1, 0.15) is 5.75 Å². The van der Waals surface area contributed by atoms with Gasteiger partial charge in [-0.3, -0.25) is 0 Å². The Morgan fingerprint density at radius 2 is 2.08 bits per heavy atom. The predicted octanol–water partition coefficient (Wildman–Crippen LogP) is 2.60. The van der Waals surface area contributed by atoms with Crippen LogP contribution in [0.25, 0.3) is 15.7 Å². The fourth-order valence-corrected chi connectivity index (χ4v) is 3.12. The second-order valence-corrected chi connectivity index (χ2v) is 7.10. The van der Waals surface area contributed by atoms with Crippen molar-refractivity contribution in [1.82, 2.24) is 25.0 Å². The summed E-state index contributed by atoms with van der Waals surface area (Å²) in [6.07, 6.45) is 0.929. The molecule has 1 aromatic carbocycles. The number of anilines is 2. The quantitative estimate of drug-likeness (QED) is 0.460. The van der Waals surface area contributed by atoms with Gasteiger partial charge >= 0.3 is 0 Å². The maximum absolute atomic E-state index is 5.94. The molecule has 0 spiro atoms. The summed E-state index contributed by atoms with van der Waals surface area (Å²) < 4.78 is 7.34. The normalized spacial score (nSPS) is 10.8. The van der Waals surface area contributed by atoms with Gasteiger partial charge in [-0.05, 0) is 18.6 Å². The van der Waals surface area contributed by atoms with Crippen molar-refractivity contribution in [2.45, 2.75) is 6.42 Å². The van der Waals surface area contributed by atoms with Crippen LogP contribution in [0, 0.1) is 0 Å². The van der Waals surface area contributed by atoms with E-state index in [2.05, 4.69) is 36.2 Å². The molecule has 0 saturated heterocycles. The zero-order valence-corrected chi connectivity index (χ0v) is 16.3. The maximum atomic E-state index is 5.94. The number of hydrogen-bond acceptors (Lipinski definition) is 8. The van der Waals surface area contributed by atoms with E-state index in [0.29, 0.717) is 17.7 Å². The van der Waals surface area contributed by atoms with Gasteiger partial charge in [-0.15, -0.1) is 15.3 Å².